The summed E-state index contributed by atoms with van der Waals surface area (Å²) in [6.07, 6.45) is 3.84. The SMILES string of the molecule is O=C(/C=C/c1ccc(OC(F)F)cc1OC(F)F)Nc1ccnn1Cc1ccccc1. The van der Waals surface area contributed by atoms with Crippen LogP contribution < -0.4 is 14.8 Å². The van der Waals surface area contributed by atoms with Gasteiger partial charge < -0.3 is 14.8 Å². The molecule has 1 aromatic heterocycles. The van der Waals surface area contributed by atoms with Gasteiger partial charge in [0.15, 0.2) is 0 Å². The van der Waals surface area contributed by atoms with E-state index in [4.69, 9.17) is 0 Å². The minimum Gasteiger partial charge on any atom is -0.435 e. The number of amides is 1. The molecular formula is C21H17F4N3O3. The molecule has 3 aromatic rings. The van der Waals surface area contributed by atoms with Gasteiger partial charge in [-0.3, -0.25) is 4.79 Å². The van der Waals surface area contributed by atoms with Gasteiger partial charge in [0, 0.05) is 23.8 Å². The highest BCUT2D eigenvalue weighted by Crippen LogP contribution is 2.28. The second-order valence-electron chi connectivity index (χ2n) is 6.14. The van der Waals surface area contributed by atoms with Crippen molar-refractivity contribution in [2.45, 2.75) is 19.8 Å². The highest BCUT2D eigenvalue weighted by Gasteiger charge is 2.13. The number of anilines is 1. The van der Waals surface area contributed by atoms with Crippen molar-refractivity contribution < 1.29 is 31.8 Å². The third kappa shape index (κ3) is 6.59. The number of alkyl halides is 4. The smallest absolute Gasteiger partial charge is 0.387 e. The molecule has 3 rings (SSSR count). The van der Waals surface area contributed by atoms with E-state index in [2.05, 4.69) is 19.9 Å². The van der Waals surface area contributed by atoms with E-state index in [1.54, 1.807) is 10.7 Å². The Labute approximate surface area is 174 Å². The number of nitrogens with zero attached hydrogens (tertiary/aromatic N) is 2. The topological polar surface area (TPSA) is 65.4 Å². The van der Waals surface area contributed by atoms with Gasteiger partial charge in [-0.1, -0.05) is 30.3 Å². The summed E-state index contributed by atoms with van der Waals surface area (Å²) in [6.45, 7) is -5.87. The van der Waals surface area contributed by atoms with Crippen LogP contribution in [0.1, 0.15) is 11.1 Å². The molecule has 2 aromatic carbocycles. The summed E-state index contributed by atoms with van der Waals surface area (Å²) < 4.78 is 60.1. The molecule has 1 heterocycles. The quantitative estimate of drug-likeness (QED) is 0.388. The summed E-state index contributed by atoms with van der Waals surface area (Å²) >= 11 is 0. The molecule has 10 heteroatoms. The van der Waals surface area contributed by atoms with E-state index in [1.807, 2.05) is 30.3 Å². The lowest BCUT2D eigenvalue weighted by molar-refractivity contribution is -0.111. The number of aromatic nitrogens is 2. The van der Waals surface area contributed by atoms with Crippen LogP contribution in [-0.2, 0) is 11.3 Å². The Kier molecular flexibility index (Phi) is 7.26. The van der Waals surface area contributed by atoms with Crippen LogP contribution in [-0.4, -0.2) is 28.9 Å². The average Bonchev–Trinajstić information content (AvgIpc) is 3.13. The fourth-order valence-corrected chi connectivity index (χ4v) is 2.68. The maximum Gasteiger partial charge on any atom is 0.387 e. The van der Waals surface area contributed by atoms with Gasteiger partial charge in [0.05, 0.1) is 12.7 Å². The van der Waals surface area contributed by atoms with Gasteiger partial charge in [-0.2, -0.15) is 22.7 Å². The van der Waals surface area contributed by atoms with Crippen LogP contribution in [0.25, 0.3) is 6.08 Å². The van der Waals surface area contributed by atoms with Crippen molar-refractivity contribution in [2.75, 3.05) is 5.32 Å². The third-order valence-corrected chi connectivity index (χ3v) is 3.98. The zero-order valence-corrected chi connectivity index (χ0v) is 15.9. The van der Waals surface area contributed by atoms with Gasteiger partial charge in [0.1, 0.15) is 17.3 Å². The van der Waals surface area contributed by atoms with Gasteiger partial charge in [0.25, 0.3) is 0 Å². The number of benzene rings is 2. The van der Waals surface area contributed by atoms with Crippen LogP contribution >= 0.6 is 0 Å². The highest BCUT2D eigenvalue weighted by molar-refractivity contribution is 6.01. The van der Waals surface area contributed by atoms with Crippen LogP contribution in [0.15, 0.2) is 66.9 Å². The van der Waals surface area contributed by atoms with Crippen LogP contribution in [0, 0.1) is 0 Å². The van der Waals surface area contributed by atoms with E-state index >= 15 is 0 Å². The number of nitrogens with one attached hydrogen (secondary N) is 1. The molecule has 31 heavy (non-hydrogen) atoms. The van der Waals surface area contributed by atoms with Gasteiger partial charge in [-0.15, -0.1) is 0 Å². The molecule has 6 nitrogen and oxygen atoms in total. The lowest BCUT2D eigenvalue weighted by atomic mass is 10.1. The normalized spacial score (nSPS) is 11.3. The van der Waals surface area contributed by atoms with Gasteiger partial charge in [-0.05, 0) is 23.8 Å². The Morgan fingerprint density at radius 3 is 2.48 bits per heavy atom. The number of ether oxygens (including phenoxy) is 2. The minimum absolute atomic E-state index is 0.0786. The first-order chi connectivity index (χ1) is 14.9. The molecule has 0 aliphatic carbocycles. The summed E-state index contributed by atoms with van der Waals surface area (Å²) in [6, 6.07) is 14.4. The monoisotopic (exact) mass is 435 g/mol. The highest BCUT2D eigenvalue weighted by atomic mass is 19.3. The number of hydrogen-bond donors (Lipinski definition) is 1. The Balaban J connectivity index is 1.71. The van der Waals surface area contributed by atoms with Crippen molar-refractivity contribution in [3.05, 3.63) is 78.0 Å². The number of halogens is 4. The van der Waals surface area contributed by atoms with E-state index in [0.717, 1.165) is 23.8 Å². The molecule has 0 radical (unpaired) electrons. The maximum absolute atomic E-state index is 12.6. The molecule has 0 saturated carbocycles. The molecule has 0 fully saturated rings. The van der Waals surface area contributed by atoms with E-state index in [-0.39, 0.29) is 11.3 Å². The van der Waals surface area contributed by atoms with Crippen molar-refractivity contribution >= 4 is 17.8 Å². The molecule has 0 saturated heterocycles. The first-order valence-corrected chi connectivity index (χ1v) is 8.99. The van der Waals surface area contributed by atoms with Crippen LogP contribution in [0.2, 0.25) is 0 Å². The number of rotatable bonds is 9. The summed E-state index contributed by atoms with van der Waals surface area (Å²) in [5.74, 6) is -0.877. The average molecular weight is 435 g/mol. The Hall–Kier alpha value is -3.82. The maximum atomic E-state index is 12.6. The molecule has 0 atom stereocenters. The van der Waals surface area contributed by atoms with Crippen molar-refractivity contribution in [1.29, 1.82) is 0 Å². The van der Waals surface area contributed by atoms with E-state index in [1.165, 1.54) is 18.3 Å². The Morgan fingerprint density at radius 1 is 1.03 bits per heavy atom. The molecule has 0 aliphatic rings. The minimum atomic E-state index is -3.19. The van der Waals surface area contributed by atoms with E-state index in [9.17, 15) is 22.4 Å². The summed E-state index contributed by atoms with van der Waals surface area (Å²) in [7, 11) is 0. The predicted octanol–water partition coefficient (Wildman–Crippen LogP) is 4.79. The molecule has 0 aliphatic heterocycles. The number of carbonyl (C=O) groups is 1. The fraction of sp³-hybridized carbons (Fsp3) is 0.143. The number of hydrogen-bond acceptors (Lipinski definition) is 4. The summed E-state index contributed by atoms with van der Waals surface area (Å²) in [4.78, 5) is 12.3. The lowest BCUT2D eigenvalue weighted by Crippen LogP contribution is -2.13. The zero-order chi connectivity index (χ0) is 22.2. The summed E-state index contributed by atoms with van der Waals surface area (Å²) in [5.41, 5.74) is 1.06. The summed E-state index contributed by atoms with van der Waals surface area (Å²) in [5, 5.41) is 6.80. The van der Waals surface area contributed by atoms with Gasteiger partial charge >= 0.3 is 13.2 Å². The lowest BCUT2D eigenvalue weighted by Gasteiger charge is -2.11. The molecule has 162 valence electrons. The molecular weight excluding hydrogens is 418 g/mol. The number of carbonyl (C=O) groups excluding carboxylic acids is 1. The molecule has 0 bridgehead atoms. The standard InChI is InChI=1S/C21H17F4N3O3/c22-20(23)30-16-8-6-15(17(12-16)31-21(24)25)7-9-19(29)27-18-10-11-26-28(18)13-14-4-2-1-3-5-14/h1-12,20-21H,13H2,(H,27,29)/b9-7+. The van der Waals surface area contributed by atoms with Crippen molar-refractivity contribution in [3.63, 3.8) is 0 Å². The van der Waals surface area contributed by atoms with Gasteiger partial charge in [-0.25, -0.2) is 4.68 Å². The van der Waals surface area contributed by atoms with Crippen LogP contribution in [0.3, 0.4) is 0 Å². The first-order valence-electron chi connectivity index (χ1n) is 8.99. The van der Waals surface area contributed by atoms with Gasteiger partial charge in [0.2, 0.25) is 5.91 Å². The fourth-order valence-electron chi connectivity index (χ4n) is 2.68. The first kappa shape index (κ1) is 21.9. The van der Waals surface area contributed by atoms with Crippen molar-refractivity contribution in [3.8, 4) is 11.5 Å². The second-order valence-corrected chi connectivity index (χ2v) is 6.14. The molecule has 1 amide bonds. The Morgan fingerprint density at radius 2 is 1.77 bits per heavy atom. The van der Waals surface area contributed by atoms with Crippen LogP contribution in [0.5, 0.6) is 11.5 Å². The molecule has 1 N–H and O–H groups in total. The third-order valence-electron chi connectivity index (χ3n) is 3.98. The van der Waals surface area contributed by atoms with Crippen molar-refractivity contribution in [1.82, 2.24) is 9.78 Å². The van der Waals surface area contributed by atoms with Crippen molar-refractivity contribution in [2.24, 2.45) is 0 Å². The second kappa shape index (κ2) is 10.3. The largest absolute Gasteiger partial charge is 0.435 e. The molecule has 0 unspecified atom stereocenters. The van der Waals surface area contributed by atoms with Crippen LogP contribution in [0.4, 0.5) is 23.4 Å². The zero-order valence-electron chi connectivity index (χ0n) is 15.9. The molecule has 0 spiro atoms. The van der Waals surface area contributed by atoms with E-state index in [0.29, 0.717) is 12.4 Å². The van der Waals surface area contributed by atoms with E-state index < -0.39 is 24.9 Å². The predicted molar refractivity (Wildman–Crippen MR) is 105 cm³/mol. The Bertz CT molecular complexity index is 1040.